The topological polar surface area (TPSA) is 20.3 Å². The van der Waals surface area contributed by atoms with Crippen molar-refractivity contribution >= 4 is 5.91 Å². The molecule has 0 saturated carbocycles. The molecule has 0 aliphatic rings. The van der Waals surface area contributed by atoms with Crippen molar-refractivity contribution in [2.75, 3.05) is 13.1 Å². The zero-order chi connectivity index (χ0) is 10.1. The van der Waals surface area contributed by atoms with Gasteiger partial charge in [0.05, 0.1) is 0 Å². The number of carbonyl (C=O) groups is 1. The lowest BCUT2D eigenvalue weighted by atomic mass is 10.2. The maximum atomic E-state index is 11.6. The van der Waals surface area contributed by atoms with Crippen LogP contribution in [0.25, 0.3) is 0 Å². The fourth-order valence-corrected chi connectivity index (χ4v) is 1.27. The molecule has 0 spiro atoms. The number of unbranched alkanes of at least 4 members (excludes halogenated alkanes) is 1. The monoisotopic (exact) mass is 184 g/mol. The minimum atomic E-state index is 0.213. The SMILES string of the molecule is CCC[CH]C(=O)N(CCC)CCC. The lowest BCUT2D eigenvalue weighted by Crippen LogP contribution is -2.32. The smallest absolute Gasteiger partial charge is 0.226 e. The molecule has 0 atom stereocenters. The summed E-state index contributed by atoms with van der Waals surface area (Å²) in [6.45, 7) is 8.10. The highest BCUT2D eigenvalue weighted by Crippen LogP contribution is 2.01. The molecule has 2 heteroatoms. The average Bonchev–Trinajstić information content (AvgIpc) is 2.14. The zero-order valence-electron chi connectivity index (χ0n) is 9.18. The summed E-state index contributed by atoms with van der Waals surface area (Å²) in [5.74, 6) is 0.213. The van der Waals surface area contributed by atoms with Gasteiger partial charge in [-0.3, -0.25) is 4.79 Å². The minimum absolute atomic E-state index is 0.213. The van der Waals surface area contributed by atoms with E-state index in [2.05, 4.69) is 20.8 Å². The summed E-state index contributed by atoms with van der Waals surface area (Å²) in [7, 11) is 0. The van der Waals surface area contributed by atoms with E-state index >= 15 is 0 Å². The quantitative estimate of drug-likeness (QED) is 0.595. The number of rotatable bonds is 7. The van der Waals surface area contributed by atoms with Crippen LogP contribution in [-0.4, -0.2) is 23.9 Å². The first-order valence-corrected chi connectivity index (χ1v) is 5.38. The van der Waals surface area contributed by atoms with E-state index in [-0.39, 0.29) is 5.91 Å². The number of carbonyl (C=O) groups excluding carboxylic acids is 1. The number of hydrogen-bond donors (Lipinski definition) is 0. The van der Waals surface area contributed by atoms with E-state index in [0.717, 1.165) is 38.8 Å². The Balaban J connectivity index is 3.80. The van der Waals surface area contributed by atoms with Crippen LogP contribution in [-0.2, 0) is 4.79 Å². The van der Waals surface area contributed by atoms with Crippen molar-refractivity contribution in [3.8, 4) is 0 Å². The molecule has 2 nitrogen and oxygen atoms in total. The van der Waals surface area contributed by atoms with Crippen LogP contribution < -0.4 is 0 Å². The molecular formula is C11H22NO. The maximum Gasteiger partial charge on any atom is 0.226 e. The Bertz CT molecular complexity index is 128. The summed E-state index contributed by atoms with van der Waals surface area (Å²) in [5.41, 5.74) is 0. The lowest BCUT2D eigenvalue weighted by molar-refractivity contribution is -0.127. The Morgan fingerprint density at radius 3 is 2.00 bits per heavy atom. The molecule has 0 heterocycles. The third-order valence-corrected chi connectivity index (χ3v) is 1.91. The maximum absolute atomic E-state index is 11.6. The number of hydrogen-bond acceptors (Lipinski definition) is 1. The normalized spacial score (nSPS) is 10.1. The summed E-state index contributed by atoms with van der Waals surface area (Å²) in [5, 5.41) is 0. The Morgan fingerprint density at radius 2 is 1.62 bits per heavy atom. The highest BCUT2D eigenvalue weighted by Gasteiger charge is 2.10. The summed E-state index contributed by atoms with van der Waals surface area (Å²) in [4.78, 5) is 13.5. The van der Waals surface area contributed by atoms with Gasteiger partial charge < -0.3 is 4.90 Å². The molecule has 0 aliphatic carbocycles. The minimum Gasteiger partial charge on any atom is -0.342 e. The van der Waals surface area contributed by atoms with Crippen LogP contribution in [0, 0.1) is 6.42 Å². The van der Waals surface area contributed by atoms with Crippen molar-refractivity contribution in [2.45, 2.75) is 46.5 Å². The van der Waals surface area contributed by atoms with E-state index in [1.54, 1.807) is 0 Å². The molecule has 0 N–H and O–H groups in total. The Kier molecular flexibility index (Phi) is 7.76. The lowest BCUT2D eigenvalue weighted by Gasteiger charge is -2.20. The van der Waals surface area contributed by atoms with E-state index < -0.39 is 0 Å². The molecule has 13 heavy (non-hydrogen) atoms. The third kappa shape index (κ3) is 5.67. The van der Waals surface area contributed by atoms with Gasteiger partial charge >= 0.3 is 0 Å². The summed E-state index contributed by atoms with van der Waals surface area (Å²) in [6, 6.07) is 0. The van der Waals surface area contributed by atoms with E-state index in [1.165, 1.54) is 0 Å². The predicted octanol–water partition coefficient (Wildman–Crippen LogP) is 2.64. The Labute approximate surface area is 82.3 Å². The second kappa shape index (κ2) is 8.09. The van der Waals surface area contributed by atoms with E-state index in [1.807, 2.05) is 11.3 Å². The first kappa shape index (κ1) is 12.5. The fraction of sp³-hybridized carbons (Fsp3) is 0.818. The molecular weight excluding hydrogens is 162 g/mol. The predicted molar refractivity (Wildman–Crippen MR) is 56.4 cm³/mol. The highest BCUT2D eigenvalue weighted by atomic mass is 16.2. The molecule has 0 aromatic carbocycles. The van der Waals surface area contributed by atoms with Crippen molar-refractivity contribution in [3.05, 3.63) is 6.42 Å². The van der Waals surface area contributed by atoms with Crippen molar-refractivity contribution < 1.29 is 4.79 Å². The van der Waals surface area contributed by atoms with Crippen LogP contribution in [0.3, 0.4) is 0 Å². The van der Waals surface area contributed by atoms with Gasteiger partial charge in [-0.1, -0.05) is 27.2 Å². The Morgan fingerprint density at radius 1 is 1.08 bits per heavy atom. The summed E-state index contributed by atoms with van der Waals surface area (Å²) >= 11 is 0. The summed E-state index contributed by atoms with van der Waals surface area (Å²) < 4.78 is 0. The molecule has 1 amide bonds. The van der Waals surface area contributed by atoms with Crippen molar-refractivity contribution in [1.29, 1.82) is 0 Å². The summed E-state index contributed by atoms with van der Waals surface area (Å²) in [6.07, 6.45) is 5.86. The van der Waals surface area contributed by atoms with Crippen molar-refractivity contribution in [3.63, 3.8) is 0 Å². The van der Waals surface area contributed by atoms with Crippen LogP contribution in [0.1, 0.15) is 46.5 Å². The second-order valence-electron chi connectivity index (χ2n) is 3.32. The van der Waals surface area contributed by atoms with Crippen LogP contribution in [0.2, 0.25) is 0 Å². The molecule has 0 bridgehead atoms. The molecule has 0 unspecified atom stereocenters. The first-order valence-electron chi connectivity index (χ1n) is 5.38. The van der Waals surface area contributed by atoms with Gasteiger partial charge in [-0.2, -0.15) is 0 Å². The van der Waals surface area contributed by atoms with Crippen molar-refractivity contribution in [1.82, 2.24) is 4.90 Å². The van der Waals surface area contributed by atoms with E-state index in [4.69, 9.17) is 0 Å². The van der Waals surface area contributed by atoms with Gasteiger partial charge in [-0.05, 0) is 19.3 Å². The van der Waals surface area contributed by atoms with Gasteiger partial charge in [-0.25, -0.2) is 0 Å². The van der Waals surface area contributed by atoms with Crippen LogP contribution in [0.5, 0.6) is 0 Å². The molecule has 1 radical (unpaired) electrons. The standard InChI is InChI=1S/C11H22NO/c1-4-7-8-11(13)12(9-5-2)10-6-3/h8H,4-7,9-10H2,1-3H3. The Hall–Kier alpha value is -0.530. The van der Waals surface area contributed by atoms with Gasteiger partial charge in [0.2, 0.25) is 5.91 Å². The third-order valence-electron chi connectivity index (χ3n) is 1.91. The molecule has 0 aliphatic heterocycles. The van der Waals surface area contributed by atoms with Gasteiger partial charge in [-0.15, -0.1) is 0 Å². The van der Waals surface area contributed by atoms with Crippen molar-refractivity contribution in [2.24, 2.45) is 0 Å². The molecule has 0 fully saturated rings. The molecule has 0 aromatic rings. The molecule has 77 valence electrons. The number of nitrogens with zero attached hydrogens (tertiary/aromatic N) is 1. The average molecular weight is 184 g/mol. The highest BCUT2D eigenvalue weighted by molar-refractivity contribution is 5.84. The van der Waals surface area contributed by atoms with Gasteiger partial charge in [0.25, 0.3) is 0 Å². The second-order valence-corrected chi connectivity index (χ2v) is 3.32. The molecule has 0 aromatic heterocycles. The fourth-order valence-electron chi connectivity index (χ4n) is 1.27. The van der Waals surface area contributed by atoms with E-state index in [9.17, 15) is 4.79 Å². The van der Waals surface area contributed by atoms with Gasteiger partial charge in [0.15, 0.2) is 0 Å². The molecule has 0 saturated heterocycles. The largest absolute Gasteiger partial charge is 0.342 e. The zero-order valence-corrected chi connectivity index (χ0v) is 9.18. The van der Waals surface area contributed by atoms with Crippen LogP contribution >= 0.6 is 0 Å². The first-order chi connectivity index (χ1) is 6.26. The molecule has 0 rings (SSSR count). The van der Waals surface area contributed by atoms with Gasteiger partial charge in [0.1, 0.15) is 0 Å². The van der Waals surface area contributed by atoms with Crippen LogP contribution in [0.4, 0.5) is 0 Å². The number of amides is 1. The van der Waals surface area contributed by atoms with Gasteiger partial charge in [0, 0.05) is 19.5 Å². The van der Waals surface area contributed by atoms with Crippen LogP contribution in [0.15, 0.2) is 0 Å². The van der Waals surface area contributed by atoms with E-state index in [0.29, 0.717) is 0 Å².